The van der Waals surface area contributed by atoms with Gasteiger partial charge in [-0.2, -0.15) is 0 Å². The second-order valence-electron chi connectivity index (χ2n) is 9.37. The van der Waals surface area contributed by atoms with Gasteiger partial charge in [0.25, 0.3) is 0 Å². The molecule has 178 valence electrons. The lowest BCUT2D eigenvalue weighted by molar-refractivity contribution is -0.151. The zero-order valence-corrected chi connectivity index (χ0v) is 20.8. The van der Waals surface area contributed by atoms with Crippen LogP contribution in [0, 0.1) is 0 Å². The van der Waals surface area contributed by atoms with Gasteiger partial charge < -0.3 is 9.47 Å². The summed E-state index contributed by atoms with van der Waals surface area (Å²) in [4.78, 5) is 16.2. The average Bonchev–Trinajstić information content (AvgIpc) is 3.41. The van der Waals surface area contributed by atoms with Gasteiger partial charge in [-0.25, -0.2) is 9.69 Å². The van der Waals surface area contributed by atoms with Crippen LogP contribution < -0.4 is 0 Å². The summed E-state index contributed by atoms with van der Waals surface area (Å²) in [5.41, 5.74) is 0.999. The van der Waals surface area contributed by atoms with Gasteiger partial charge in [0.1, 0.15) is 0 Å². The van der Waals surface area contributed by atoms with E-state index in [1.165, 1.54) is 7.11 Å². The number of benzene rings is 4. The molecule has 0 aliphatic carbocycles. The van der Waals surface area contributed by atoms with Gasteiger partial charge in [-0.05, 0) is 23.3 Å². The molecule has 4 nitrogen and oxygen atoms in total. The van der Waals surface area contributed by atoms with Crippen molar-refractivity contribution in [1.29, 1.82) is 0 Å². The molecule has 0 N–H and O–H groups in total. The molecule has 1 unspecified atom stereocenters. The minimum atomic E-state index is -1.22. The zero-order chi connectivity index (χ0) is 24.7. The van der Waals surface area contributed by atoms with Crippen LogP contribution in [0.5, 0.6) is 0 Å². The number of carbonyl (C=O) groups excluding carboxylic acids is 1. The molecule has 0 radical (unpaired) electrons. The highest BCUT2D eigenvalue weighted by Crippen LogP contribution is 2.82. The van der Waals surface area contributed by atoms with Gasteiger partial charge in [-0.1, -0.05) is 114 Å². The summed E-state index contributed by atoms with van der Waals surface area (Å²) < 4.78 is 12.8. The summed E-state index contributed by atoms with van der Waals surface area (Å²) in [5.74, 6) is -0.389. The molecule has 36 heavy (non-hydrogen) atoms. The highest BCUT2D eigenvalue weighted by molar-refractivity contribution is 6.36. The molecule has 2 saturated heterocycles. The molecule has 3 aliphatic heterocycles. The van der Waals surface area contributed by atoms with E-state index in [0.717, 1.165) is 22.3 Å². The largest absolute Gasteiger partial charge is 0.467 e. The molecule has 2 bridgehead atoms. The molecule has 0 saturated carbocycles. The monoisotopic (exact) mass is 513 g/mol. The van der Waals surface area contributed by atoms with Crippen molar-refractivity contribution in [3.8, 4) is 0 Å². The summed E-state index contributed by atoms with van der Waals surface area (Å²) in [5, 5.41) is 1.00. The van der Waals surface area contributed by atoms with E-state index in [0.29, 0.717) is 15.6 Å². The minimum Gasteiger partial charge on any atom is -0.467 e. The van der Waals surface area contributed by atoms with Crippen LogP contribution in [0.25, 0.3) is 0 Å². The fourth-order valence-corrected chi connectivity index (χ4v) is 7.31. The van der Waals surface area contributed by atoms with Crippen molar-refractivity contribution in [2.24, 2.45) is 0 Å². The molecule has 2 fully saturated rings. The molecule has 4 aromatic rings. The van der Waals surface area contributed by atoms with Crippen molar-refractivity contribution in [3.63, 3.8) is 0 Å². The maximum atomic E-state index is 14.1. The summed E-state index contributed by atoms with van der Waals surface area (Å²) in [6.45, 7) is 0. The van der Waals surface area contributed by atoms with Gasteiger partial charge in [0.05, 0.1) is 13.2 Å². The van der Waals surface area contributed by atoms with Crippen molar-refractivity contribution in [2.45, 2.75) is 22.9 Å². The molecular formula is C30H21Cl2NO3. The van der Waals surface area contributed by atoms with Crippen molar-refractivity contribution >= 4 is 29.2 Å². The Morgan fingerprint density at radius 2 is 1.33 bits per heavy atom. The molecule has 0 amide bonds. The number of nitrogens with zero attached hydrogens (tertiary/aromatic N) is 1. The number of hydrogen-bond donors (Lipinski definition) is 0. The van der Waals surface area contributed by atoms with E-state index < -0.39 is 22.9 Å². The first-order chi connectivity index (χ1) is 17.5. The smallest absolute Gasteiger partial charge is 0.332 e. The van der Waals surface area contributed by atoms with Crippen molar-refractivity contribution in [3.05, 3.63) is 141 Å². The van der Waals surface area contributed by atoms with Crippen molar-refractivity contribution < 1.29 is 14.3 Å². The quantitative estimate of drug-likeness (QED) is 0.232. The highest BCUT2D eigenvalue weighted by Gasteiger charge is 2.94. The van der Waals surface area contributed by atoms with Crippen LogP contribution in [-0.4, -0.2) is 23.5 Å². The van der Waals surface area contributed by atoms with E-state index >= 15 is 0 Å². The van der Waals surface area contributed by atoms with Crippen LogP contribution in [0.15, 0.2) is 103 Å². The lowest BCUT2D eigenvalue weighted by atomic mass is 9.71. The Morgan fingerprint density at radius 3 is 1.94 bits per heavy atom. The van der Waals surface area contributed by atoms with Crippen molar-refractivity contribution in [1.82, 2.24) is 4.90 Å². The summed E-state index contributed by atoms with van der Waals surface area (Å²) >= 11 is 13.6. The van der Waals surface area contributed by atoms with Gasteiger partial charge >= 0.3 is 5.97 Å². The second kappa shape index (κ2) is 7.44. The van der Waals surface area contributed by atoms with Crippen LogP contribution in [0.1, 0.15) is 33.9 Å². The molecular weight excluding hydrogens is 493 g/mol. The van der Waals surface area contributed by atoms with Gasteiger partial charge in [-0.3, -0.25) is 0 Å². The standard InChI is InChI=1S/C30H21Cl2NO3/c1-35-27(34)28-26(25-23(31)17-10-18-24(25)32)33(28)30(20-13-6-3-7-14-20)22-16-9-8-15-21(22)29(28,36-30)19-11-4-2-5-12-19/h2-18,26H,1H3/t26-,28-,29-,30+,33?/m0/s1. The predicted octanol–water partition coefficient (Wildman–Crippen LogP) is 6.45. The molecule has 0 spiro atoms. The number of fused-ring (bicyclic) bond motifs is 8. The first-order valence-corrected chi connectivity index (χ1v) is 12.5. The molecule has 5 atom stereocenters. The average molecular weight is 514 g/mol. The van der Waals surface area contributed by atoms with Crippen LogP contribution in [-0.2, 0) is 25.6 Å². The Kier molecular flexibility index (Phi) is 4.56. The van der Waals surface area contributed by atoms with E-state index in [2.05, 4.69) is 17.0 Å². The van der Waals surface area contributed by atoms with Crippen LogP contribution >= 0.6 is 23.2 Å². The zero-order valence-electron chi connectivity index (χ0n) is 19.3. The van der Waals surface area contributed by atoms with E-state index in [-0.39, 0.29) is 5.97 Å². The molecule has 3 aliphatic rings. The van der Waals surface area contributed by atoms with Crippen molar-refractivity contribution in [2.75, 3.05) is 7.11 Å². The minimum absolute atomic E-state index is 0.389. The Labute approximate surface area is 219 Å². The van der Waals surface area contributed by atoms with Gasteiger partial charge in [0.2, 0.25) is 0 Å². The topological polar surface area (TPSA) is 38.5 Å². The van der Waals surface area contributed by atoms with E-state index in [4.69, 9.17) is 32.7 Å². The van der Waals surface area contributed by atoms with Gasteiger partial charge in [0, 0.05) is 26.7 Å². The number of rotatable bonds is 4. The Hall–Kier alpha value is -3.15. The lowest BCUT2D eigenvalue weighted by Gasteiger charge is -2.35. The number of hydrogen-bond acceptors (Lipinski definition) is 4. The summed E-state index contributed by atoms with van der Waals surface area (Å²) in [6, 6.07) is 33.0. The highest BCUT2D eigenvalue weighted by atomic mass is 35.5. The van der Waals surface area contributed by atoms with Crippen LogP contribution in [0.2, 0.25) is 10.0 Å². The maximum Gasteiger partial charge on any atom is 0.332 e. The van der Waals surface area contributed by atoms with E-state index in [1.807, 2.05) is 91.0 Å². The number of halogens is 2. The van der Waals surface area contributed by atoms with Crippen LogP contribution in [0.4, 0.5) is 0 Å². The third-order valence-corrected chi connectivity index (χ3v) is 8.59. The third kappa shape index (κ3) is 2.32. The Balaban J connectivity index is 1.64. The number of methoxy groups -OCH3 is 1. The second-order valence-corrected chi connectivity index (χ2v) is 10.2. The molecule has 7 rings (SSSR count). The molecule has 0 aromatic heterocycles. The third-order valence-electron chi connectivity index (χ3n) is 7.93. The molecule has 4 aromatic carbocycles. The molecule has 3 heterocycles. The van der Waals surface area contributed by atoms with E-state index in [9.17, 15) is 4.79 Å². The predicted molar refractivity (Wildman–Crippen MR) is 138 cm³/mol. The van der Waals surface area contributed by atoms with E-state index in [1.54, 1.807) is 0 Å². The first kappa shape index (κ1) is 22.1. The Morgan fingerprint density at radius 1 is 0.778 bits per heavy atom. The first-order valence-electron chi connectivity index (χ1n) is 11.8. The number of esters is 1. The number of carbonyl (C=O) groups is 1. The fourth-order valence-electron chi connectivity index (χ4n) is 6.71. The fraction of sp³-hybridized carbons (Fsp3) is 0.167. The SMILES string of the molecule is COC(=O)[C@]12[C@H](c3c(Cl)cccc3Cl)N1[C@]1(c3ccccc3)O[C@@]2(c2ccccc2)c2ccccc21. The number of ether oxygens (including phenoxy) is 2. The summed E-state index contributed by atoms with van der Waals surface area (Å²) in [7, 11) is 1.42. The Bertz CT molecular complexity index is 1510. The lowest BCUT2D eigenvalue weighted by Crippen LogP contribution is -2.50. The van der Waals surface area contributed by atoms with Gasteiger partial charge in [0.15, 0.2) is 16.9 Å². The van der Waals surface area contributed by atoms with Gasteiger partial charge in [-0.15, -0.1) is 0 Å². The normalized spacial score (nSPS) is 31.0. The maximum absolute atomic E-state index is 14.1. The van der Waals surface area contributed by atoms with Crippen LogP contribution in [0.3, 0.4) is 0 Å². The molecule has 6 heteroatoms. The summed E-state index contributed by atoms with van der Waals surface area (Å²) in [6.07, 6.45) is 0.